The van der Waals surface area contributed by atoms with E-state index in [1.807, 2.05) is 25.1 Å². The number of halogens is 1. The second-order valence-corrected chi connectivity index (χ2v) is 7.64. The lowest BCUT2D eigenvalue weighted by Gasteiger charge is -2.14. The minimum absolute atomic E-state index is 0.223. The van der Waals surface area contributed by atoms with Crippen LogP contribution in [0.2, 0.25) is 5.02 Å². The summed E-state index contributed by atoms with van der Waals surface area (Å²) in [6.45, 7) is 1.90. The van der Waals surface area contributed by atoms with Crippen LogP contribution in [0.4, 0.5) is 5.69 Å². The van der Waals surface area contributed by atoms with Crippen molar-refractivity contribution in [3.8, 4) is 23.0 Å². The van der Waals surface area contributed by atoms with Gasteiger partial charge in [-0.25, -0.2) is 5.43 Å². The molecular formula is C26H26ClN3O6. The molecule has 0 aliphatic rings. The molecule has 0 saturated heterocycles. The highest BCUT2D eigenvalue weighted by Gasteiger charge is 2.15. The summed E-state index contributed by atoms with van der Waals surface area (Å²) in [6, 6.07) is 17.0. The lowest BCUT2D eigenvalue weighted by molar-refractivity contribution is -0.118. The smallest absolute Gasteiger partial charge is 0.271 e. The van der Waals surface area contributed by atoms with Crippen LogP contribution in [0.1, 0.15) is 22.8 Å². The minimum atomic E-state index is -0.437. The van der Waals surface area contributed by atoms with E-state index in [9.17, 15) is 9.59 Å². The molecule has 0 aliphatic heterocycles. The van der Waals surface area contributed by atoms with E-state index in [-0.39, 0.29) is 23.3 Å². The molecule has 36 heavy (non-hydrogen) atoms. The van der Waals surface area contributed by atoms with E-state index in [2.05, 4.69) is 15.8 Å². The number of para-hydroxylation sites is 1. The van der Waals surface area contributed by atoms with Crippen LogP contribution in [0, 0.1) is 0 Å². The molecule has 0 radical (unpaired) electrons. The van der Waals surface area contributed by atoms with Gasteiger partial charge in [-0.3, -0.25) is 9.59 Å². The van der Waals surface area contributed by atoms with E-state index in [1.54, 1.807) is 42.5 Å². The quantitative estimate of drug-likeness (QED) is 0.289. The fourth-order valence-electron chi connectivity index (χ4n) is 3.13. The maximum Gasteiger partial charge on any atom is 0.271 e. The molecule has 188 valence electrons. The summed E-state index contributed by atoms with van der Waals surface area (Å²) in [6.07, 6.45) is 1.42. The van der Waals surface area contributed by atoms with Crippen molar-refractivity contribution >= 4 is 35.3 Å². The topological polar surface area (TPSA) is 107 Å². The van der Waals surface area contributed by atoms with Crippen molar-refractivity contribution in [1.29, 1.82) is 0 Å². The van der Waals surface area contributed by atoms with Crippen LogP contribution in [-0.4, -0.2) is 45.5 Å². The number of anilines is 1. The number of benzene rings is 3. The lowest BCUT2D eigenvalue weighted by Crippen LogP contribution is -2.20. The summed E-state index contributed by atoms with van der Waals surface area (Å²) in [5.41, 5.74) is 4.00. The molecule has 0 fully saturated rings. The average Bonchev–Trinajstić information content (AvgIpc) is 2.88. The Bertz CT molecular complexity index is 1230. The van der Waals surface area contributed by atoms with Crippen LogP contribution in [0.15, 0.2) is 65.8 Å². The Hall–Kier alpha value is -4.24. The van der Waals surface area contributed by atoms with Gasteiger partial charge in [0, 0.05) is 11.3 Å². The molecule has 3 aromatic rings. The van der Waals surface area contributed by atoms with E-state index in [0.29, 0.717) is 40.7 Å². The summed E-state index contributed by atoms with van der Waals surface area (Å²) >= 11 is 6.40. The van der Waals surface area contributed by atoms with Crippen molar-refractivity contribution in [3.05, 3.63) is 76.8 Å². The molecule has 10 heteroatoms. The van der Waals surface area contributed by atoms with Gasteiger partial charge in [0.15, 0.2) is 29.6 Å². The number of hydrogen-bond acceptors (Lipinski definition) is 7. The van der Waals surface area contributed by atoms with Gasteiger partial charge in [0.2, 0.25) is 0 Å². The highest BCUT2D eigenvalue weighted by molar-refractivity contribution is 6.32. The molecule has 2 N–H and O–H groups in total. The summed E-state index contributed by atoms with van der Waals surface area (Å²) in [5.74, 6) is 0.722. The predicted octanol–water partition coefficient (Wildman–Crippen LogP) is 4.54. The van der Waals surface area contributed by atoms with Gasteiger partial charge in [0.05, 0.1) is 32.1 Å². The normalized spacial score (nSPS) is 10.6. The van der Waals surface area contributed by atoms with Crippen molar-refractivity contribution < 1.29 is 28.5 Å². The summed E-state index contributed by atoms with van der Waals surface area (Å²) in [5, 5.41) is 6.95. The number of methoxy groups -OCH3 is 2. The molecule has 0 unspecified atom stereocenters. The maximum atomic E-state index is 12.4. The van der Waals surface area contributed by atoms with Gasteiger partial charge in [-0.1, -0.05) is 29.8 Å². The Balaban J connectivity index is 1.67. The van der Waals surface area contributed by atoms with E-state index < -0.39 is 5.91 Å². The molecule has 3 rings (SSSR count). The van der Waals surface area contributed by atoms with Crippen LogP contribution < -0.4 is 29.7 Å². The number of carbonyl (C=O) groups excluding carboxylic acids is 2. The number of nitrogens with zero attached hydrogens (tertiary/aromatic N) is 1. The molecule has 2 amide bonds. The number of rotatable bonds is 11. The zero-order valence-corrected chi connectivity index (χ0v) is 20.8. The van der Waals surface area contributed by atoms with E-state index >= 15 is 0 Å². The summed E-state index contributed by atoms with van der Waals surface area (Å²) in [7, 11) is 3.00. The SMILES string of the molecule is CCOc1cc(/C=N/NC(=O)c2ccc(OC)c(OC)c2)cc(Cl)c1OCC(=O)Nc1ccccc1. The maximum absolute atomic E-state index is 12.4. The van der Waals surface area contributed by atoms with Crippen LogP contribution in [-0.2, 0) is 4.79 Å². The Morgan fingerprint density at radius 2 is 1.69 bits per heavy atom. The summed E-state index contributed by atoms with van der Waals surface area (Å²) < 4.78 is 21.7. The molecule has 0 saturated carbocycles. The number of hydrogen-bond donors (Lipinski definition) is 2. The van der Waals surface area contributed by atoms with Gasteiger partial charge < -0.3 is 24.3 Å². The molecule has 0 aromatic heterocycles. The lowest BCUT2D eigenvalue weighted by atomic mass is 10.2. The highest BCUT2D eigenvalue weighted by Crippen LogP contribution is 2.36. The number of amides is 2. The van der Waals surface area contributed by atoms with Gasteiger partial charge in [0.1, 0.15) is 0 Å². The first-order valence-corrected chi connectivity index (χ1v) is 11.3. The Morgan fingerprint density at radius 1 is 0.944 bits per heavy atom. The zero-order valence-electron chi connectivity index (χ0n) is 20.0. The Kier molecular flexibility index (Phi) is 9.53. The number of ether oxygens (including phenoxy) is 4. The molecule has 9 nitrogen and oxygen atoms in total. The third kappa shape index (κ3) is 7.13. The van der Waals surface area contributed by atoms with Gasteiger partial charge in [-0.15, -0.1) is 0 Å². The minimum Gasteiger partial charge on any atom is -0.493 e. The Morgan fingerprint density at radius 3 is 2.39 bits per heavy atom. The third-order valence-electron chi connectivity index (χ3n) is 4.76. The summed E-state index contributed by atoms with van der Waals surface area (Å²) in [4.78, 5) is 24.7. The van der Waals surface area contributed by atoms with E-state index in [0.717, 1.165) is 0 Å². The number of carbonyl (C=O) groups is 2. The first-order chi connectivity index (χ1) is 17.4. The number of hydrazone groups is 1. The van der Waals surface area contributed by atoms with Gasteiger partial charge in [-0.05, 0) is 55.0 Å². The van der Waals surface area contributed by atoms with Crippen molar-refractivity contribution in [2.45, 2.75) is 6.92 Å². The first kappa shape index (κ1) is 26.4. The highest BCUT2D eigenvalue weighted by atomic mass is 35.5. The molecule has 0 aliphatic carbocycles. The van der Waals surface area contributed by atoms with Crippen LogP contribution >= 0.6 is 11.6 Å². The van der Waals surface area contributed by atoms with Crippen LogP contribution in [0.5, 0.6) is 23.0 Å². The number of nitrogens with one attached hydrogen (secondary N) is 2. The van der Waals surface area contributed by atoms with Gasteiger partial charge in [0.25, 0.3) is 11.8 Å². The molecule has 0 heterocycles. The van der Waals surface area contributed by atoms with Crippen LogP contribution in [0.25, 0.3) is 0 Å². The molecule has 0 atom stereocenters. The van der Waals surface area contributed by atoms with Gasteiger partial charge in [-0.2, -0.15) is 5.10 Å². The van der Waals surface area contributed by atoms with Crippen molar-refractivity contribution in [2.24, 2.45) is 5.10 Å². The van der Waals surface area contributed by atoms with E-state index in [1.165, 1.54) is 20.4 Å². The molecule has 0 bridgehead atoms. The van der Waals surface area contributed by atoms with Crippen molar-refractivity contribution in [3.63, 3.8) is 0 Å². The van der Waals surface area contributed by atoms with Crippen molar-refractivity contribution in [2.75, 3.05) is 32.8 Å². The van der Waals surface area contributed by atoms with E-state index in [4.69, 9.17) is 30.5 Å². The monoisotopic (exact) mass is 511 g/mol. The Labute approximate surface area is 214 Å². The van der Waals surface area contributed by atoms with Crippen molar-refractivity contribution in [1.82, 2.24) is 5.43 Å². The standard InChI is InChI=1S/C26H26ClN3O6/c1-4-35-23-13-17(15-28-30-26(32)18-10-11-21(33-2)22(14-18)34-3)12-20(27)25(23)36-16-24(31)29-19-8-6-5-7-9-19/h5-15H,4,16H2,1-3H3,(H,29,31)(H,30,32)/b28-15+. The third-order valence-corrected chi connectivity index (χ3v) is 5.04. The second-order valence-electron chi connectivity index (χ2n) is 7.23. The molecule has 0 spiro atoms. The second kappa shape index (κ2) is 13.0. The fourth-order valence-corrected chi connectivity index (χ4v) is 3.40. The predicted molar refractivity (Wildman–Crippen MR) is 138 cm³/mol. The largest absolute Gasteiger partial charge is 0.493 e. The van der Waals surface area contributed by atoms with Gasteiger partial charge >= 0.3 is 0 Å². The molecule has 3 aromatic carbocycles. The molecular weight excluding hydrogens is 486 g/mol. The fraction of sp³-hybridized carbons (Fsp3) is 0.192. The van der Waals surface area contributed by atoms with Crippen LogP contribution in [0.3, 0.4) is 0 Å². The first-order valence-electron chi connectivity index (χ1n) is 10.9. The average molecular weight is 512 g/mol. The zero-order chi connectivity index (χ0) is 25.9.